The summed E-state index contributed by atoms with van der Waals surface area (Å²) in [6.45, 7) is 0. The molecule has 0 saturated carbocycles. The van der Waals surface area contributed by atoms with Gasteiger partial charge >= 0.3 is 12.2 Å². The molecule has 5 nitrogen and oxygen atoms in total. The van der Waals surface area contributed by atoms with Gasteiger partial charge in [-0.3, -0.25) is 4.86 Å². The summed E-state index contributed by atoms with van der Waals surface area (Å²) >= 11 is 0. The van der Waals surface area contributed by atoms with E-state index in [1.165, 1.54) is 31.4 Å². The number of rotatable bonds is 4. The van der Waals surface area contributed by atoms with Crippen molar-refractivity contribution < 1.29 is 31.2 Å². The lowest BCUT2D eigenvalue weighted by Gasteiger charge is -2.39. The summed E-state index contributed by atoms with van der Waals surface area (Å²) in [6, 6.07) is 0.907. The molecule has 13 heteroatoms. The second kappa shape index (κ2) is 7.04. The molecule has 1 aliphatic rings. The molecule has 1 aliphatic heterocycles. The molecule has 0 aromatic heterocycles. The molecule has 0 spiro atoms. The van der Waals surface area contributed by atoms with Gasteiger partial charge in [0.2, 0.25) is 0 Å². The minimum atomic E-state index is -5.69. The molecular formula is C9H11F5N3O2P3. The van der Waals surface area contributed by atoms with E-state index in [-0.39, 0.29) is 19.1 Å². The van der Waals surface area contributed by atoms with Crippen molar-refractivity contribution in [2.45, 2.75) is 12.2 Å². The summed E-state index contributed by atoms with van der Waals surface area (Å²) in [5, 5.41) is 0. The molecule has 3 atom stereocenters. The van der Waals surface area contributed by atoms with Crippen molar-refractivity contribution in [2.75, 3.05) is 7.11 Å². The fourth-order valence-corrected chi connectivity index (χ4v) is 6.09. The number of hydrogen-bond donors (Lipinski definition) is 2. The second-order valence-corrected chi connectivity index (χ2v) is 8.18. The monoisotopic (exact) mass is 381 g/mol. The van der Waals surface area contributed by atoms with Crippen LogP contribution in [0.3, 0.4) is 0 Å². The van der Waals surface area contributed by atoms with Crippen LogP contribution < -0.4 is 19.0 Å². The standard InChI is InChI=1S/C9H11F5N3O2P3/c1-18-6-2-4-7(5-3-6)19-22-16-20-15-21-17(22)9(13,14)8(10,11)12/h2-5,15-16,20-21H,1H3. The molecule has 0 amide bonds. The number of nitrogens with one attached hydrogen (secondary N) is 2. The Kier molecular flexibility index (Phi) is 5.75. The Hall–Kier alpha value is -0.360. The number of benzene rings is 1. The molecule has 124 valence electrons. The van der Waals surface area contributed by atoms with Gasteiger partial charge in [-0.15, -0.1) is 4.44 Å². The Balaban J connectivity index is 2.15. The van der Waals surface area contributed by atoms with Gasteiger partial charge in [-0.25, -0.2) is 4.86 Å². The molecule has 0 bridgehead atoms. The number of ether oxygens (including phenoxy) is 1. The van der Waals surface area contributed by atoms with Crippen molar-refractivity contribution in [3.8, 4) is 11.5 Å². The maximum absolute atomic E-state index is 13.5. The smallest absolute Gasteiger partial charge is 0.470 e. The summed E-state index contributed by atoms with van der Waals surface area (Å²) in [5.41, 5.74) is 0. The van der Waals surface area contributed by atoms with Crippen LogP contribution in [-0.4, -0.2) is 23.8 Å². The van der Waals surface area contributed by atoms with Gasteiger partial charge in [0.15, 0.2) is 0 Å². The van der Waals surface area contributed by atoms with Crippen molar-refractivity contribution in [3.63, 3.8) is 0 Å². The van der Waals surface area contributed by atoms with Gasteiger partial charge in [0.05, 0.1) is 7.11 Å². The van der Waals surface area contributed by atoms with Gasteiger partial charge in [0.25, 0.3) is 8.45 Å². The van der Waals surface area contributed by atoms with Crippen molar-refractivity contribution in [1.82, 2.24) is 14.2 Å². The van der Waals surface area contributed by atoms with E-state index in [4.69, 9.17) is 9.26 Å². The fourth-order valence-electron chi connectivity index (χ4n) is 1.36. The third-order valence-corrected chi connectivity index (χ3v) is 6.91. The van der Waals surface area contributed by atoms with E-state index < -0.39 is 29.6 Å². The number of methoxy groups -OCH3 is 1. The first-order valence-corrected chi connectivity index (χ1v) is 8.80. The molecule has 1 heterocycles. The second-order valence-electron chi connectivity index (χ2n) is 3.86. The fraction of sp³-hybridized carbons (Fsp3) is 0.333. The van der Waals surface area contributed by atoms with Crippen LogP contribution >= 0.6 is 26.2 Å². The first kappa shape index (κ1) is 18.0. The lowest BCUT2D eigenvalue weighted by molar-refractivity contribution is -0.308. The highest BCUT2D eigenvalue weighted by molar-refractivity contribution is 7.71. The van der Waals surface area contributed by atoms with Crippen LogP contribution in [0.25, 0.3) is 0 Å². The Labute approximate surface area is 127 Å². The van der Waals surface area contributed by atoms with Crippen LogP contribution in [-0.2, 0) is 0 Å². The normalized spacial score (nSPS) is 22.9. The Morgan fingerprint density at radius 2 is 1.68 bits per heavy atom. The first-order valence-electron chi connectivity index (χ1n) is 5.64. The van der Waals surface area contributed by atoms with E-state index in [1.54, 1.807) is 0 Å². The zero-order valence-electron chi connectivity index (χ0n) is 10.9. The quantitative estimate of drug-likeness (QED) is 0.470. The summed E-state index contributed by atoms with van der Waals surface area (Å²) < 4.78 is 74.8. The van der Waals surface area contributed by atoms with Gasteiger partial charge in [-0.2, -0.15) is 22.0 Å². The van der Waals surface area contributed by atoms with Crippen LogP contribution in [0, 0.1) is 0 Å². The van der Waals surface area contributed by atoms with Crippen LogP contribution in [0.15, 0.2) is 24.3 Å². The molecule has 0 aliphatic carbocycles. The molecule has 1 aromatic rings. The van der Waals surface area contributed by atoms with E-state index in [1.807, 2.05) is 0 Å². The third kappa shape index (κ3) is 3.94. The highest BCUT2D eigenvalue weighted by Crippen LogP contribution is 2.59. The van der Waals surface area contributed by atoms with Gasteiger partial charge < -0.3 is 9.26 Å². The average Bonchev–Trinajstić information content (AvgIpc) is 2.47. The summed E-state index contributed by atoms with van der Waals surface area (Å²) in [4.78, 5) is 4.96. The number of nitrogens with zero attached hydrogens (tertiary/aromatic N) is 1. The molecule has 0 radical (unpaired) electrons. The van der Waals surface area contributed by atoms with Crippen molar-refractivity contribution in [3.05, 3.63) is 24.3 Å². The summed E-state index contributed by atoms with van der Waals surface area (Å²) in [6.07, 6.45) is -5.69. The zero-order chi connectivity index (χ0) is 16.4. The van der Waals surface area contributed by atoms with Gasteiger partial charge in [-0.1, -0.05) is 0 Å². The lowest BCUT2D eigenvalue weighted by atomic mass is 10.3. The Bertz CT molecular complexity index is 504. The minimum Gasteiger partial charge on any atom is -0.497 e. The maximum Gasteiger partial charge on any atom is 0.470 e. The molecule has 1 aromatic carbocycles. The summed E-state index contributed by atoms with van der Waals surface area (Å²) in [5.74, 6) is 0.679. The third-order valence-electron chi connectivity index (χ3n) is 2.42. The Morgan fingerprint density at radius 1 is 1.09 bits per heavy atom. The van der Waals surface area contributed by atoms with E-state index in [0.717, 1.165) is 0 Å². The lowest BCUT2D eigenvalue weighted by Crippen LogP contribution is -2.49. The topological polar surface area (TPSA) is 45.8 Å². The van der Waals surface area contributed by atoms with E-state index in [9.17, 15) is 22.0 Å². The number of halogens is 5. The highest BCUT2D eigenvalue weighted by Gasteiger charge is 2.65. The van der Waals surface area contributed by atoms with E-state index in [2.05, 4.69) is 9.72 Å². The van der Waals surface area contributed by atoms with Crippen molar-refractivity contribution in [2.24, 2.45) is 0 Å². The number of hydrogen-bond acceptors (Lipinski definition) is 5. The van der Waals surface area contributed by atoms with Crippen LogP contribution in [0.2, 0.25) is 0 Å². The van der Waals surface area contributed by atoms with Crippen LogP contribution in [0.5, 0.6) is 11.5 Å². The van der Waals surface area contributed by atoms with Gasteiger partial charge in [0, 0.05) is 17.8 Å². The van der Waals surface area contributed by atoms with E-state index >= 15 is 0 Å². The molecule has 22 heavy (non-hydrogen) atoms. The largest absolute Gasteiger partial charge is 0.497 e. The predicted octanol–water partition coefficient (Wildman–Crippen LogP) is 3.97. The minimum absolute atomic E-state index is 0.0386. The highest BCUT2D eigenvalue weighted by atomic mass is 31.2. The molecule has 2 rings (SSSR count). The maximum atomic E-state index is 13.5. The molecule has 2 N–H and O–H groups in total. The average molecular weight is 381 g/mol. The SMILES string of the molecule is COc1ccc(OP2NPNPN2C(F)(F)C(F)(F)F)cc1. The van der Waals surface area contributed by atoms with Crippen LogP contribution in [0.4, 0.5) is 22.0 Å². The Morgan fingerprint density at radius 3 is 2.23 bits per heavy atom. The number of alkyl halides is 5. The van der Waals surface area contributed by atoms with Crippen LogP contribution in [0.1, 0.15) is 0 Å². The zero-order valence-corrected chi connectivity index (χ0v) is 13.8. The van der Waals surface area contributed by atoms with Gasteiger partial charge in [-0.05, 0) is 24.3 Å². The first-order chi connectivity index (χ1) is 10.3. The molecule has 1 saturated heterocycles. The van der Waals surface area contributed by atoms with E-state index in [0.29, 0.717) is 5.75 Å². The predicted molar refractivity (Wildman–Crippen MR) is 76.3 cm³/mol. The molecule has 1 fully saturated rings. The summed E-state index contributed by atoms with van der Waals surface area (Å²) in [7, 11) is -1.98. The molecule has 3 unspecified atom stereocenters. The molecular weight excluding hydrogens is 370 g/mol. The van der Waals surface area contributed by atoms with Crippen molar-refractivity contribution in [1.29, 1.82) is 0 Å². The van der Waals surface area contributed by atoms with Crippen molar-refractivity contribution >= 4 is 26.2 Å². The van der Waals surface area contributed by atoms with Gasteiger partial charge in [0.1, 0.15) is 11.5 Å².